The van der Waals surface area contributed by atoms with Gasteiger partial charge in [0.05, 0.1) is 11.5 Å². The number of pyridine rings is 1. The number of rotatable bonds is 2. The normalized spacial score (nSPS) is 23.4. The van der Waals surface area contributed by atoms with Gasteiger partial charge in [0.2, 0.25) is 5.95 Å². The van der Waals surface area contributed by atoms with Gasteiger partial charge < -0.3 is 5.32 Å². The van der Waals surface area contributed by atoms with Crippen LogP contribution in [0.2, 0.25) is 0 Å². The first-order valence-electron chi connectivity index (χ1n) is 6.36. The first kappa shape index (κ1) is 14.7. The van der Waals surface area contributed by atoms with Crippen molar-refractivity contribution in [3.8, 4) is 0 Å². The molecule has 1 saturated carbocycles. The molecule has 0 aliphatic heterocycles. The van der Waals surface area contributed by atoms with Crippen LogP contribution in [0.1, 0.15) is 36.0 Å². The largest absolute Gasteiger partial charge is 0.391 e. The van der Waals surface area contributed by atoms with Crippen molar-refractivity contribution >= 4 is 5.91 Å². The van der Waals surface area contributed by atoms with E-state index in [1.807, 2.05) is 0 Å². The number of aromatic nitrogens is 1. The second kappa shape index (κ2) is 5.76. The maximum absolute atomic E-state index is 13.3. The molecular weight excluding hydrogens is 276 g/mol. The van der Waals surface area contributed by atoms with E-state index in [1.165, 1.54) is 18.3 Å². The van der Waals surface area contributed by atoms with Crippen LogP contribution in [0.3, 0.4) is 0 Å². The fourth-order valence-electron chi connectivity index (χ4n) is 2.38. The fraction of sp³-hybridized carbons (Fsp3) is 0.538. The summed E-state index contributed by atoms with van der Waals surface area (Å²) in [7, 11) is 0. The molecule has 1 amide bonds. The number of nitrogens with zero attached hydrogens (tertiary/aromatic N) is 1. The number of carbonyl (C=O) groups is 1. The summed E-state index contributed by atoms with van der Waals surface area (Å²) in [6.07, 6.45) is -2.48. The molecule has 1 aliphatic carbocycles. The minimum atomic E-state index is -4.18. The van der Waals surface area contributed by atoms with Crippen molar-refractivity contribution in [1.29, 1.82) is 0 Å². The summed E-state index contributed by atoms with van der Waals surface area (Å²) >= 11 is 0. The van der Waals surface area contributed by atoms with Gasteiger partial charge in [-0.15, -0.1) is 0 Å². The van der Waals surface area contributed by atoms with E-state index in [0.717, 1.165) is 0 Å². The molecule has 0 aromatic carbocycles. The molecule has 0 radical (unpaired) electrons. The van der Waals surface area contributed by atoms with Gasteiger partial charge in [0.25, 0.3) is 5.91 Å². The predicted octanol–water partition coefficient (Wildman–Crippen LogP) is 3.07. The van der Waals surface area contributed by atoms with Gasteiger partial charge >= 0.3 is 6.18 Å². The van der Waals surface area contributed by atoms with Gasteiger partial charge in [-0.05, 0) is 37.8 Å². The van der Waals surface area contributed by atoms with E-state index in [2.05, 4.69) is 10.3 Å². The summed E-state index contributed by atoms with van der Waals surface area (Å²) in [6, 6.07) is 2.37. The van der Waals surface area contributed by atoms with Crippen LogP contribution in [0, 0.1) is 11.9 Å². The zero-order valence-electron chi connectivity index (χ0n) is 10.6. The van der Waals surface area contributed by atoms with E-state index in [9.17, 15) is 22.4 Å². The van der Waals surface area contributed by atoms with E-state index in [1.54, 1.807) is 0 Å². The lowest BCUT2D eigenvalue weighted by molar-refractivity contribution is -0.182. The van der Waals surface area contributed by atoms with Crippen molar-refractivity contribution in [3.63, 3.8) is 0 Å². The lowest BCUT2D eigenvalue weighted by Gasteiger charge is -2.30. The van der Waals surface area contributed by atoms with Crippen LogP contribution < -0.4 is 5.32 Å². The molecule has 1 aromatic heterocycles. The lowest BCUT2D eigenvalue weighted by atomic mass is 9.85. The number of alkyl halides is 3. The zero-order valence-corrected chi connectivity index (χ0v) is 10.6. The molecule has 110 valence electrons. The van der Waals surface area contributed by atoms with Gasteiger partial charge in [-0.2, -0.15) is 17.6 Å². The molecule has 1 fully saturated rings. The Hall–Kier alpha value is -1.66. The van der Waals surface area contributed by atoms with Crippen molar-refractivity contribution in [2.24, 2.45) is 5.92 Å². The van der Waals surface area contributed by atoms with Crippen LogP contribution >= 0.6 is 0 Å². The Morgan fingerprint density at radius 3 is 2.45 bits per heavy atom. The standard InChI is InChI=1S/C13H14F4N2O/c14-11-10(2-1-7-18-11)12(20)19-9-5-3-8(4-6-9)13(15,16)17/h1-2,7-9H,3-6H2,(H,19,20). The smallest absolute Gasteiger partial charge is 0.349 e. The number of amides is 1. The minimum absolute atomic E-state index is 0.00995. The quantitative estimate of drug-likeness (QED) is 0.672. The molecule has 0 unspecified atom stereocenters. The van der Waals surface area contributed by atoms with Gasteiger partial charge in [-0.25, -0.2) is 4.98 Å². The van der Waals surface area contributed by atoms with Crippen LogP contribution in [0.15, 0.2) is 18.3 Å². The number of hydrogen-bond acceptors (Lipinski definition) is 2. The molecule has 2 rings (SSSR count). The van der Waals surface area contributed by atoms with E-state index in [0.29, 0.717) is 0 Å². The molecule has 1 aromatic rings. The van der Waals surface area contributed by atoms with E-state index in [-0.39, 0.29) is 37.3 Å². The Labute approximate surface area is 113 Å². The van der Waals surface area contributed by atoms with Crippen LogP contribution in [-0.4, -0.2) is 23.1 Å². The van der Waals surface area contributed by atoms with Gasteiger partial charge in [0.15, 0.2) is 0 Å². The molecule has 7 heteroatoms. The minimum Gasteiger partial charge on any atom is -0.349 e. The topological polar surface area (TPSA) is 42.0 Å². The van der Waals surface area contributed by atoms with Crippen molar-refractivity contribution in [1.82, 2.24) is 10.3 Å². The number of carbonyl (C=O) groups excluding carboxylic acids is 1. The summed E-state index contributed by atoms with van der Waals surface area (Å²) < 4.78 is 50.8. The molecule has 0 bridgehead atoms. The van der Waals surface area contributed by atoms with E-state index >= 15 is 0 Å². The van der Waals surface area contributed by atoms with Gasteiger partial charge in [0, 0.05) is 12.2 Å². The Balaban J connectivity index is 1.90. The molecule has 0 spiro atoms. The Kier molecular flexibility index (Phi) is 4.25. The molecule has 3 nitrogen and oxygen atoms in total. The summed E-state index contributed by atoms with van der Waals surface area (Å²) in [6.45, 7) is 0. The lowest BCUT2D eigenvalue weighted by Crippen LogP contribution is -2.40. The summed E-state index contributed by atoms with van der Waals surface area (Å²) in [5, 5.41) is 2.56. The molecular formula is C13H14F4N2O. The third kappa shape index (κ3) is 3.46. The summed E-state index contributed by atoms with van der Waals surface area (Å²) in [5.41, 5.74) is -0.189. The number of halogens is 4. The number of hydrogen-bond donors (Lipinski definition) is 1. The highest BCUT2D eigenvalue weighted by atomic mass is 19.4. The Bertz CT molecular complexity index is 482. The average molecular weight is 290 g/mol. The highest BCUT2D eigenvalue weighted by Gasteiger charge is 2.41. The second-order valence-electron chi connectivity index (χ2n) is 4.91. The van der Waals surface area contributed by atoms with E-state index in [4.69, 9.17) is 0 Å². The van der Waals surface area contributed by atoms with E-state index < -0.39 is 23.9 Å². The van der Waals surface area contributed by atoms with Gasteiger partial charge in [-0.3, -0.25) is 4.79 Å². The molecule has 20 heavy (non-hydrogen) atoms. The Morgan fingerprint density at radius 2 is 1.90 bits per heavy atom. The van der Waals surface area contributed by atoms with Crippen molar-refractivity contribution in [3.05, 3.63) is 29.8 Å². The van der Waals surface area contributed by atoms with Crippen LogP contribution in [0.4, 0.5) is 17.6 Å². The van der Waals surface area contributed by atoms with Crippen molar-refractivity contribution in [2.45, 2.75) is 37.9 Å². The SMILES string of the molecule is O=C(NC1CCC(C(F)(F)F)CC1)c1cccnc1F. The third-order valence-corrected chi connectivity index (χ3v) is 3.53. The van der Waals surface area contributed by atoms with Gasteiger partial charge in [0.1, 0.15) is 0 Å². The average Bonchev–Trinajstić information content (AvgIpc) is 2.38. The first-order valence-corrected chi connectivity index (χ1v) is 6.36. The Morgan fingerprint density at radius 1 is 1.25 bits per heavy atom. The highest BCUT2D eigenvalue weighted by molar-refractivity contribution is 5.94. The molecule has 1 N–H and O–H groups in total. The molecule has 0 atom stereocenters. The third-order valence-electron chi connectivity index (χ3n) is 3.53. The van der Waals surface area contributed by atoms with Crippen molar-refractivity contribution < 1.29 is 22.4 Å². The number of nitrogens with one attached hydrogen (secondary N) is 1. The highest BCUT2D eigenvalue weighted by Crippen LogP contribution is 2.37. The van der Waals surface area contributed by atoms with Crippen LogP contribution in [0.25, 0.3) is 0 Å². The second-order valence-corrected chi connectivity index (χ2v) is 4.91. The van der Waals surface area contributed by atoms with Gasteiger partial charge in [-0.1, -0.05) is 0 Å². The first-order chi connectivity index (χ1) is 9.38. The zero-order chi connectivity index (χ0) is 14.8. The monoisotopic (exact) mass is 290 g/mol. The fourth-order valence-corrected chi connectivity index (χ4v) is 2.38. The van der Waals surface area contributed by atoms with Crippen molar-refractivity contribution in [2.75, 3.05) is 0 Å². The van der Waals surface area contributed by atoms with Crippen LogP contribution in [-0.2, 0) is 0 Å². The van der Waals surface area contributed by atoms with Crippen LogP contribution in [0.5, 0.6) is 0 Å². The summed E-state index contributed by atoms with van der Waals surface area (Å²) in [5.74, 6) is -2.81. The summed E-state index contributed by atoms with van der Waals surface area (Å²) in [4.78, 5) is 15.2. The molecule has 1 aliphatic rings. The molecule has 1 heterocycles. The predicted molar refractivity (Wildman–Crippen MR) is 63.5 cm³/mol. The maximum Gasteiger partial charge on any atom is 0.391 e. The molecule has 0 saturated heterocycles. The maximum atomic E-state index is 13.3.